The van der Waals surface area contributed by atoms with Gasteiger partial charge in [0, 0.05) is 24.6 Å². The van der Waals surface area contributed by atoms with Crippen molar-refractivity contribution in [2.24, 2.45) is 0 Å². The van der Waals surface area contributed by atoms with E-state index in [1.165, 1.54) is 29.5 Å². The number of nitrogens with one attached hydrogen (secondary N) is 1. The Morgan fingerprint density at radius 2 is 1.97 bits per heavy atom. The summed E-state index contributed by atoms with van der Waals surface area (Å²) in [7, 11) is 0. The number of benzene rings is 1. The summed E-state index contributed by atoms with van der Waals surface area (Å²) in [6, 6.07) is 8.20. The molecule has 1 aliphatic rings. The van der Waals surface area contributed by atoms with Crippen LogP contribution in [-0.2, 0) is 16.8 Å². The van der Waals surface area contributed by atoms with E-state index >= 15 is 0 Å². The lowest BCUT2D eigenvalue weighted by Crippen LogP contribution is -3.03. The average Bonchev–Trinajstić information content (AvgIpc) is 2.96. The molecule has 0 aliphatic carbocycles. The molecular weight excluding hydrogens is 388 g/mol. The maximum Gasteiger partial charge on any atom is 0.269 e. The zero-order valence-electron chi connectivity index (χ0n) is 16.8. The Bertz CT molecular complexity index is 1040. The lowest BCUT2D eigenvalue weighted by atomic mass is 9.81. The molecule has 0 bridgehead atoms. The third-order valence-electron chi connectivity index (χ3n) is 4.86. The van der Waals surface area contributed by atoms with E-state index in [9.17, 15) is 20.2 Å². The minimum atomic E-state index is -0.470. The van der Waals surface area contributed by atoms with E-state index in [-0.39, 0.29) is 22.7 Å². The normalized spacial score (nSPS) is 16.8. The number of rotatable bonds is 4. The highest BCUT2D eigenvalue weighted by Crippen LogP contribution is 2.41. The van der Waals surface area contributed by atoms with Crippen LogP contribution in [0.3, 0.4) is 0 Å². The van der Waals surface area contributed by atoms with Crippen molar-refractivity contribution in [1.29, 1.82) is 5.26 Å². The van der Waals surface area contributed by atoms with Crippen LogP contribution in [0.1, 0.15) is 49.3 Å². The summed E-state index contributed by atoms with van der Waals surface area (Å²) in [4.78, 5) is 23.8. The zero-order valence-corrected chi connectivity index (χ0v) is 17.6. The summed E-state index contributed by atoms with van der Waals surface area (Å²) in [5.74, 6) is -0.348. The van der Waals surface area contributed by atoms with Gasteiger partial charge in [-0.3, -0.25) is 14.9 Å². The average molecular weight is 412 g/mol. The Labute approximate surface area is 173 Å². The molecule has 150 valence electrons. The number of carbonyl (C=O) groups excluding carboxylic acids is 1. The fourth-order valence-electron chi connectivity index (χ4n) is 3.94. The van der Waals surface area contributed by atoms with Gasteiger partial charge in [-0.1, -0.05) is 0 Å². The van der Waals surface area contributed by atoms with Crippen molar-refractivity contribution in [2.75, 3.05) is 5.32 Å². The molecule has 8 heteroatoms. The Balaban J connectivity index is 1.82. The number of nitrogens with two attached hydrogens (primary N) is 1. The molecule has 0 fully saturated rings. The van der Waals surface area contributed by atoms with Crippen molar-refractivity contribution in [3.05, 3.63) is 62.0 Å². The first-order valence-electron chi connectivity index (χ1n) is 9.19. The van der Waals surface area contributed by atoms with Crippen LogP contribution in [0.2, 0.25) is 0 Å². The van der Waals surface area contributed by atoms with Crippen LogP contribution in [0, 0.1) is 21.4 Å². The highest BCUT2D eigenvalue weighted by molar-refractivity contribution is 7.16. The topological polar surface area (TPSA) is 113 Å². The number of amides is 1. The van der Waals surface area contributed by atoms with Gasteiger partial charge >= 0.3 is 0 Å². The number of fused-ring (bicyclic) bond motifs is 1. The minimum absolute atomic E-state index is 0.00299. The molecule has 7 nitrogen and oxygen atoms in total. The van der Waals surface area contributed by atoms with Gasteiger partial charge < -0.3 is 10.6 Å². The van der Waals surface area contributed by atoms with Crippen molar-refractivity contribution in [3.63, 3.8) is 0 Å². The Morgan fingerprint density at radius 1 is 1.31 bits per heavy atom. The van der Waals surface area contributed by atoms with Crippen LogP contribution in [0.5, 0.6) is 0 Å². The van der Waals surface area contributed by atoms with E-state index in [0.29, 0.717) is 16.1 Å². The molecular formula is C21H23N4O3S+. The molecule has 29 heavy (non-hydrogen) atoms. The van der Waals surface area contributed by atoms with Crippen molar-refractivity contribution < 1.29 is 15.0 Å². The van der Waals surface area contributed by atoms with Gasteiger partial charge in [0.1, 0.15) is 16.6 Å². The first-order valence-corrected chi connectivity index (χ1v) is 10.0. The van der Waals surface area contributed by atoms with Gasteiger partial charge in [0.25, 0.3) is 5.69 Å². The molecule has 1 amide bonds. The molecule has 0 atom stereocenters. The molecule has 3 rings (SSSR count). The predicted molar refractivity (Wildman–Crippen MR) is 113 cm³/mol. The molecule has 0 saturated carbocycles. The van der Waals surface area contributed by atoms with Gasteiger partial charge in [-0.25, -0.2) is 0 Å². The summed E-state index contributed by atoms with van der Waals surface area (Å²) >= 11 is 1.45. The third kappa shape index (κ3) is 4.36. The summed E-state index contributed by atoms with van der Waals surface area (Å²) in [5.41, 5.74) is 2.03. The minimum Gasteiger partial charge on any atom is -0.333 e. The highest BCUT2D eigenvalue weighted by atomic mass is 32.1. The van der Waals surface area contributed by atoms with Crippen LogP contribution in [0.15, 0.2) is 30.3 Å². The van der Waals surface area contributed by atoms with Gasteiger partial charge in [-0.15, -0.1) is 11.3 Å². The van der Waals surface area contributed by atoms with Crippen molar-refractivity contribution >= 4 is 34.0 Å². The van der Waals surface area contributed by atoms with Crippen molar-refractivity contribution in [1.82, 2.24) is 0 Å². The van der Waals surface area contributed by atoms with Crippen LogP contribution in [0.25, 0.3) is 6.08 Å². The molecule has 0 saturated heterocycles. The van der Waals surface area contributed by atoms with Crippen LogP contribution >= 0.6 is 11.3 Å². The number of anilines is 1. The van der Waals surface area contributed by atoms with Crippen LogP contribution in [0.4, 0.5) is 10.7 Å². The van der Waals surface area contributed by atoms with E-state index in [1.807, 2.05) is 0 Å². The second-order valence-corrected chi connectivity index (χ2v) is 9.45. The number of nitro groups is 1. The number of nitriles is 1. The summed E-state index contributed by atoms with van der Waals surface area (Å²) < 4.78 is 0. The number of nitro benzene ring substituents is 1. The molecule has 0 spiro atoms. The maximum atomic E-state index is 12.4. The number of non-ortho nitro benzene ring substituents is 1. The number of thiophene rings is 1. The Kier molecular flexibility index (Phi) is 5.30. The number of hydrogen-bond acceptors (Lipinski definition) is 5. The maximum absolute atomic E-state index is 12.4. The second-order valence-electron chi connectivity index (χ2n) is 8.43. The lowest BCUT2D eigenvalue weighted by molar-refractivity contribution is -0.789. The fourth-order valence-corrected chi connectivity index (χ4v) is 5.19. The van der Waals surface area contributed by atoms with Gasteiger partial charge in [0.05, 0.1) is 20.9 Å². The van der Waals surface area contributed by atoms with Crippen molar-refractivity contribution in [3.8, 4) is 6.07 Å². The highest BCUT2D eigenvalue weighted by Gasteiger charge is 2.44. The number of quaternary nitrogens is 1. The standard InChI is InChI=1S/C21H22N4O3S/c1-20(2)11-15-16(12-22)19(29-18(15)21(3,4)24-20)23-17(26)10-7-13-5-8-14(9-6-13)25(27)28/h5-10,24H,11H2,1-4H3,(H,23,26)/p+1/b10-7+. The summed E-state index contributed by atoms with van der Waals surface area (Å²) in [6.45, 7) is 8.57. The van der Waals surface area contributed by atoms with E-state index < -0.39 is 4.92 Å². The number of hydrogen-bond donors (Lipinski definition) is 2. The van der Waals surface area contributed by atoms with E-state index in [0.717, 1.165) is 16.9 Å². The van der Waals surface area contributed by atoms with E-state index in [1.54, 1.807) is 18.2 Å². The Morgan fingerprint density at radius 3 is 2.55 bits per heavy atom. The van der Waals surface area contributed by atoms with Gasteiger partial charge in [0.15, 0.2) is 0 Å². The molecule has 1 aliphatic heterocycles. The molecule has 2 aromatic rings. The fraction of sp³-hybridized carbons (Fsp3) is 0.333. The third-order valence-corrected chi connectivity index (χ3v) is 6.34. The molecule has 0 radical (unpaired) electrons. The van der Waals surface area contributed by atoms with Crippen LogP contribution in [-0.4, -0.2) is 16.4 Å². The number of nitrogens with zero attached hydrogens (tertiary/aromatic N) is 2. The first kappa shape index (κ1) is 20.7. The zero-order chi connectivity index (χ0) is 21.4. The number of carbonyl (C=O) groups is 1. The second kappa shape index (κ2) is 7.43. The lowest BCUT2D eigenvalue weighted by Gasteiger charge is -2.38. The van der Waals surface area contributed by atoms with Crippen LogP contribution < -0.4 is 10.6 Å². The SMILES string of the molecule is CC1(C)Cc2c(sc(NC(=O)/C=C/c3ccc([N+](=O)[O-])cc3)c2C#N)C(C)(C)[NH2+]1. The molecule has 0 unspecified atom stereocenters. The monoisotopic (exact) mass is 411 g/mol. The van der Waals surface area contributed by atoms with Gasteiger partial charge in [-0.05, 0) is 57.0 Å². The quantitative estimate of drug-likeness (QED) is 0.456. The van der Waals surface area contributed by atoms with E-state index in [2.05, 4.69) is 44.4 Å². The van der Waals surface area contributed by atoms with Crippen molar-refractivity contribution in [2.45, 2.75) is 45.2 Å². The smallest absolute Gasteiger partial charge is 0.269 e. The predicted octanol–water partition coefficient (Wildman–Crippen LogP) is 3.31. The summed E-state index contributed by atoms with van der Waals surface area (Å²) in [5, 5.41) is 26.1. The largest absolute Gasteiger partial charge is 0.333 e. The van der Waals surface area contributed by atoms with E-state index in [4.69, 9.17) is 0 Å². The summed E-state index contributed by atoms with van der Waals surface area (Å²) in [6.07, 6.45) is 3.71. The Hall–Kier alpha value is -3.02. The molecule has 3 N–H and O–H groups in total. The van der Waals surface area contributed by atoms with Gasteiger partial charge in [-0.2, -0.15) is 5.26 Å². The molecule has 1 aromatic heterocycles. The first-order chi connectivity index (χ1) is 13.5. The van der Waals surface area contributed by atoms with Gasteiger partial charge in [0.2, 0.25) is 5.91 Å². The molecule has 2 heterocycles. The molecule has 1 aromatic carbocycles.